The molecule has 0 saturated heterocycles. The fourth-order valence-electron chi connectivity index (χ4n) is 2.86. The average molecular weight is 454 g/mol. The molecule has 0 bridgehead atoms. The van der Waals surface area contributed by atoms with Crippen molar-refractivity contribution in [3.63, 3.8) is 0 Å². The number of hydrogen-bond donors (Lipinski definition) is 0. The standard InChI is InChI=1S/C20H21F2N3O3S2/c1-24(2)11-4-12-25(20-23-19-16(22)5-3-6-17(19)29-20)18(26)13-30(27,28)15-9-7-14(21)8-10-15/h3,5-10H,4,11-13H2,1-2H3. The minimum atomic E-state index is -3.97. The molecule has 3 aromatic rings. The predicted molar refractivity (Wildman–Crippen MR) is 114 cm³/mol. The number of anilines is 1. The Hall–Kier alpha value is -2.43. The van der Waals surface area contributed by atoms with Crippen LogP contribution in [0.25, 0.3) is 10.2 Å². The van der Waals surface area contributed by atoms with Gasteiger partial charge in [0.25, 0.3) is 0 Å². The number of carbonyl (C=O) groups excluding carboxylic acids is 1. The highest BCUT2D eigenvalue weighted by molar-refractivity contribution is 7.92. The highest BCUT2D eigenvalue weighted by Crippen LogP contribution is 2.30. The van der Waals surface area contributed by atoms with Crippen LogP contribution in [0.15, 0.2) is 47.4 Å². The van der Waals surface area contributed by atoms with Crippen molar-refractivity contribution < 1.29 is 22.0 Å². The summed E-state index contributed by atoms with van der Waals surface area (Å²) in [7, 11) is -0.200. The molecule has 3 rings (SSSR count). The van der Waals surface area contributed by atoms with Gasteiger partial charge in [0.15, 0.2) is 15.0 Å². The van der Waals surface area contributed by atoms with Crippen LogP contribution < -0.4 is 4.90 Å². The van der Waals surface area contributed by atoms with Gasteiger partial charge in [-0.1, -0.05) is 17.4 Å². The van der Waals surface area contributed by atoms with Crippen LogP contribution in [0.5, 0.6) is 0 Å². The van der Waals surface area contributed by atoms with Gasteiger partial charge in [-0.3, -0.25) is 9.69 Å². The molecule has 0 atom stereocenters. The topological polar surface area (TPSA) is 70.6 Å². The van der Waals surface area contributed by atoms with Gasteiger partial charge in [0, 0.05) is 6.54 Å². The van der Waals surface area contributed by atoms with Crippen molar-refractivity contribution in [2.75, 3.05) is 37.8 Å². The van der Waals surface area contributed by atoms with Gasteiger partial charge in [0.05, 0.1) is 9.60 Å². The molecule has 0 saturated carbocycles. The first-order chi connectivity index (χ1) is 14.2. The second kappa shape index (κ2) is 9.15. The largest absolute Gasteiger partial charge is 0.309 e. The van der Waals surface area contributed by atoms with E-state index in [-0.39, 0.29) is 22.1 Å². The van der Waals surface area contributed by atoms with E-state index in [1.807, 2.05) is 19.0 Å². The lowest BCUT2D eigenvalue weighted by Crippen LogP contribution is -2.37. The summed E-state index contributed by atoms with van der Waals surface area (Å²) in [6.07, 6.45) is 0.577. The molecule has 0 fully saturated rings. The summed E-state index contributed by atoms with van der Waals surface area (Å²) in [5.41, 5.74) is 0.143. The molecule has 10 heteroatoms. The Kier molecular flexibility index (Phi) is 6.79. The summed E-state index contributed by atoms with van der Waals surface area (Å²) in [5, 5.41) is 0.244. The third-order valence-electron chi connectivity index (χ3n) is 4.36. The Morgan fingerprint density at radius 3 is 2.40 bits per heavy atom. The van der Waals surface area contributed by atoms with E-state index in [0.29, 0.717) is 17.7 Å². The van der Waals surface area contributed by atoms with Crippen LogP contribution >= 0.6 is 11.3 Å². The molecule has 0 aliphatic rings. The van der Waals surface area contributed by atoms with Crippen molar-refractivity contribution in [1.29, 1.82) is 0 Å². The summed E-state index contributed by atoms with van der Waals surface area (Å²) in [6, 6.07) is 8.84. The zero-order valence-corrected chi connectivity index (χ0v) is 18.1. The van der Waals surface area contributed by atoms with Crippen molar-refractivity contribution >= 4 is 42.4 Å². The zero-order valence-electron chi connectivity index (χ0n) is 16.5. The number of carbonyl (C=O) groups is 1. The van der Waals surface area contributed by atoms with Gasteiger partial charge in [0.2, 0.25) is 5.91 Å². The summed E-state index contributed by atoms with van der Waals surface area (Å²) in [6.45, 7) is 0.908. The van der Waals surface area contributed by atoms with Crippen LogP contribution in [0, 0.1) is 11.6 Å². The fourth-order valence-corrected chi connectivity index (χ4v) is 5.08. The molecule has 160 valence electrons. The van der Waals surface area contributed by atoms with Crippen molar-refractivity contribution in [2.24, 2.45) is 0 Å². The third-order valence-corrected chi connectivity index (χ3v) is 7.02. The molecule has 0 unspecified atom stereocenters. The number of para-hydroxylation sites is 1. The molecule has 1 aromatic heterocycles. The van der Waals surface area contributed by atoms with Crippen LogP contribution in [-0.2, 0) is 14.6 Å². The molecule has 0 N–H and O–H groups in total. The SMILES string of the molecule is CN(C)CCCN(C(=O)CS(=O)(=O)c1ccc(F)cc1)c1nc2c(F)cccc2s1. The monoisotopic (exact) mass is 453 g/mol. The first kappa shape index (κ1) is 22.3. The summed E-state index contributed by atoms with van der Waals surface area (Å²) >= 11 is 1.13. The Balaban J connectivity index is 1.89. The molecule has 2 aromatic carbocycles. The van der Waals surface area contributed by atoms with Crippen molar-refractivity contribution in [1.82, 2.24) is 9.88 Å². The third kappa shape index (κ3) is 5.18. The number of halogens is 2. The van der Waals surface area contributed by atoms with Crippen LogP contribution in [0.2, 0.25) is 0 Å². The Morgan fingerprint density at radius 1 is 1.07 bits per heavy atom. The average Bonchev–Trinajstić information content (AvgIpc) is 3.10. The number of benzene rings is 2. The number of fused-ring (bicyclic) bond motifs is 1. The Labute approximate surface area is 177 Å². The lowest BCUT2D eigenvalue weighted by atomic mass is 10.3. The predicted octanol–water partition coefficient (Wildman–Crippen LogP) is 3.33. The second-order valence-electron chi connectivity index (χ2n) is 7.00. The zero-order chi connectivity index (χ0) is 21.9. The van der Waals surface area contributed by atoms with Crippen molar-refractivity contribution in [2.45, 2.75) is 11.3 Å². The highest BCUT2D eigenvalue weighted by atomic mass is 32.2. The first-order valence-electron chi connectivity index (χ1n) is 9.16. The number of hydrogen-bond acceptors (Lipinski definition) is 6. The minimum absolute atomic E-state index is 0.138. The maximum atomic E-state index is 14.1. The maximum Gasteiger partial charge on any atom is 0.244 e. The van der Waals surface area contributed by atoms with Gasteiger partial charge in [-0.25, -0.2) is 22.2 Å². The normalized spacial score (nSPS) is 11.9. The van der Waals surface area contributed by atoms with E-state index in [4.69, 9.17) is 0 Å². The molecular formula is C20H21F2N3O3S2. The van der Waals surface area contributed by atoms with Gasteiger partial charge < -0.3 is 4.90 Å². The van der Waals surface area contributed by atoms with Gasteiger partial charge in [-0.05, 0) is 63.5 Å². The summed E-state index contributed by atoms with van der Waals surface area (Å²) in [5.74, 6) is -2.53. The molecule has 0 aliphatic carbocycles. The van der Waals surface area contributed by atoms with E-state index in [0.717, 1.165) is 35.6 Å². The van der Waals surface area contributed by atoms with E-state index in [1.165, 1.54) is 11.0 Å². The molecule has 0 aliphatic heterocycles. The van der Waals surface area contributed by atoms with Gasteiger partial charge in [-0.15, -0.1) is 0 Å². The number of amides is 1. The van der Waals surface area contributed by atoms with E-state index in [1.54, 1.807) is 12.1 Å². The van der Waals surface area contributed by atoms with Gasteiger partial charge >= 0.3 is 0 Å². The van der Waals surface area contributed by atoms with Crippen LogP contribution in [0.4, 0.5) is 13.9 Å². The maximum absolute atomic E-state index is 14.1. The summed E-state index contributed by atoms with van der Waals surface area (Å²) < 4.78 is 53.0. The Morgan fingerprint density at radius 2 is 1.77 bits per heavy atom. The molecule has 1 amide bonds. The molecule has 0 spiro atoms. The van der Waals surface area contributed by atoms with Crippen molar-refractivity contribution in [3.05, 3.63) is 54.1 Å². The van der Waals surface area contributed by atoms with E-state index >= 15 is 0 Å². The van der Waals surface area contributed by atoms with Gasteiger partial charge in [0.1, 0.15) is 22.9 Å². The molecule has 0 radical (unpaired) electrons. The lowest BCUT2D eigenvalue weighted by Gasteiger charge is -2.21. The number of rotatable bonds is 8. The first-order valence-corrected chi connectivity index (χ1v) is 11.6. The van der Waals surface area contributed by atoms with Crippen LogP contribution in [0.3, 0.4) is 0 Å². The second-order valence-corrected chi connectivity index (χ2v) is 10.00. The number of nitrogens with zero attached hydrogens (tertiary/aromatic N) is 3. The quantitative estimate of drug-likeness (QED) is 0.490. The van der Waals surface area contributed by atoms with Crippen LogP contribution in [0.1, 0.15) is 6.42 Å². The van der Waals surface area contributed by atoms with E-state index in [9.17, 15) is 22.0 Å². The van der Waals surface area contributed by atoms with E-state index < -0.39 is 33.1 Å². The molecular weight excluding hydrogens is 432 g/mol. The number of sulfone groups is 1. The fraction of sp³-hybridized carbons (Fsp3) is 0.300. The minimum Gasteiger partial charge on any atom is -0.309 e. The molecule has 30 heavy (non-hydrogen) atoms. The molecule has 1 heterocycles. The summed E-state index contributed by atoms with van der Waals surface area (Å²) in [4.78, 5) is 20.3. The highest BCUT2D eigenvalue weighted by Gasteiger charge is 2.27. The van der Waals surface area contributed by atoms with Crippen LogP contribution in [-0.4, -0.2) is 57.1 Å². The Bertz CT molecular complexity index is 1150. The van der Waals surface area contributed by atoms with Gasteiger partial charge in [-0.2, -0.15) is 0 Å². The lowest BCUT2D eigenvalue weighted by molar-refractivity contribution is -0.116. The smallest absolute Gasteiger partial charge is 0.244 e. The molecule has 6 nitrogen and oxygen atoms in total. The number of aromatic nitrogens is 1. The van der Waals surface area contributed by atoms with E-state index in [2.05, 4.69) is 4.98 Å². The number of thiazole rings is 1. The van der Waals surface area contributed by atoms with Crippen molar-refractivity contribution in [3.8, 4) is 0 Å².